The van der Waals surface area contributed by atoms with Gasteiger partial charge in [-0.3, -0.25) is 0 Å². The molecule has 1 aliphatic carbocycles. The highest BCUT2D eigenvalue weighted by Crippen LogP contribution is 2.56. The zero-order chi connectivity index (χ0) is 11.2. The lowest BCUT2D eigenvalue weighted by Gasteiger charge is -2.37. The van der Waals surface area contributed by atoms with E-state index in [9.17, 15) is 5.11 Å². The maximum atomic E-state index is 10.00. The van der Waals surface area contributed by atoms with E-state index in [0.29, 0.717) is 0 Å². The van der Waals surface area contributed by atoms with Crippen LogP contribution in [0.5, 0.6) is 0 Å². The minimum Gasteiger partial charge on any atom is -0.393 e. The third-order valence-corrected chi connectivity index (χ3v) is 4.69. The monoisotopic (exact) mass is 217 g/mol. The van der Waals surface area contributed by atoms with Crippen molar-refractivity contribution in [2.45, 2.75) is 31.3 Å². The molecule has 0 amide bonds. The van der Waals surface area contributed by atoms with E-state index in [4.69, 9.17) is 0 Å². The van der Waals surface area contributed by atoms with Crippen LogP contribution in [-0.4, -0.2) is 24.3 Å². The van der Waals surface area contributed by atoms with Gasteiger partial charge in [-0.2, -0.15) is 0 Å². The molecule has 2 heteroatoms. The lowest BCUT2D eigenvalue weighted by Crippen LogP contribution is -2.38. The maximum absolute atomic E-state index is 10.00. The van der Waals surface area contributed by atoms with E-state index in [1.165, 1.54) is 5.56 Å². The molecule has 86 valence electrons. The summed E-state index contributed by atoms with van der Waals surface area (Å²) in [4.78, 5) is 0. The van der Waals surface area contributed by atoms with Crippen molar-refractivity contribution in [1.82, 2.24) is 5.32 Å². The lowest BCUT2D eigenvalue weighted by molar-refractivity contribution is 0.164. The Morgan fingerprint density at radius 3 is 2.69 bits per heavy atom. The minimum absolute atomic E-state index is 0.132. The Morgan fingerprint density at radius 2 is 1.94 bits per heavy atom. The number of aliphatic hydroxyl groups excluding tert-OH is 1. The molecule has 1 saturated carbocycles. The van der Waals surface area contributed by atoms with Gasteiger partial charge >= 0.3 is 0 Å². The largest absolute Gasteiger partial charge is 0.393 e. The number of aliphatic hydroxyl groups is 1. The quantitative estimate of drug-likeness (QED) is 0.750. The third kappa shape index (κ3) is 1.20. The molecule has 1 aliphatic heterocycles. The van der Waals surface area contributed by atoms with E-state index in [2.05, 4.69) is 42.6 Å². The molecule has 2 fully saturated rings. The van der Waals surface area contributed by atoms with Gasteiger partial charge in [0.2, 0.25) is 0 Å². The van der Waals surface area contributed by atoms with Crippen LogP contribution in [0.15, 0.2) is 30.3 Å². The van der Waals surface area contributed by atoms with Crippen LogP contribution < -0.4 is 5.32 Å². The predicted molar refractivity (Wildman–Crippen MR) is 64.3 cm³/mol. The molecule has 1 saturated heterocycles. The van der Waals surface area contributed by atoms with Crippen molar-refractivity contribution in [2.24, 2.45) is 5.41 Å². The Bertz CT molecular complexity index is 391. The first-order chi connectivity index (χ1) is 7.66. The molecule has 0 spiro atoms. The first kappa shape index (κ1) is 10.3. The average molecular weight is 217 g/mol. The smallest absolute Gasteiger partial charge is 0.0555 e. The van der Waals surface area contributed by atoms with Gasteiger partial charge in [-0.05, 0) is 23.8 Å². The standard InChI is InChI=1S/C14H19NO/c1-13-7-12(16)8-14(13,10-15-9-13)11-5-3-2-4-6-11/h2-6,12,15-16H,7-10H2,1H3/t12?,13-,14+/m1/s1. The third-order valence-electron chi connectivity index (χ3n) is 4.69. The molecular weight excluding hydrogens is 198 g/mol. The normalized spacial score (nSPS) is 42.2. The van der Waals surface area contributed by atoms with Gasteiger partial charge in [0.25, 0.3) is 0 Å². The van der Waals surface area contributed by atoms with Crippen molar-refractivity contribution in [3.63, 3.8) is 0 Å². The van der Waals surface area contributed by atoms with Gasteiger partial charge in [0, 0.05) is 18.5 Å². The zero-order valence-corrected chi connectivity index (χ0v) is 9.74. The molecule has 16 heavy (non-hydrogen) atoms. The molecule has 1 aromatic carbocycles. The van der Waals surface area contributed by atoms with Crippen LogP contribution in [0.25, 0.3) is 0 Å². The Morgan fingerprint density at radius 1 is 1.19 bits per heavy atom. The van der Waals surface area contributed by atoms with Crippen molar-refractivity contribution in [3.05, 3.63) is 35.9 Å². The molecule has 1 aromatic rings. The van der Waals surface area contributed by atoms with Crippen molar-refractivity contribution in [1.29, 1.82) is 0 Å². The summed E-state index contributed by atoms with van der Waals surface area (Å²) in [6.07, 6.45) is 1.70. The molecule has 1 heterocycles. The van der Waals surface area contributed by atoms with E-state index < -0.39 is 0 Å². The topological polar surface area (TPSA) is 32.3 Å². The Hall–Kier alpha value is -0.860. The molecule has 1 unspecified atom stereocenters. The van der Waals surface area contributed by atoms with E-state index in [1.807, 2.05) is 0 Å². The van der Waals surface area contributed by atoms with Crippen LogP contribution >= 0.6 is 0 Å². The number of nitrogens with one attached hydrogen (secondary N) is 1. The van der Waals surface area contributed by atoms with Gasteiger partial charge < -0.3 is 10.4 Å². The molecule has 0 aromatic heterocycles. The molecular formula is C14H19NO. The lowest BCUT2D eigenvalue weighted by atomic mass is 9.65. The van der Waals surface area contributed by atoms with Crippen LogP contribution in [-0.2, 0) is 5.41 Å². The number of fused-ring (bicyclic) bond motifs is 1. The Kier molecular flexibility index (Phi) is 2.13. The fourth-order valence-corrected chi connectivity index (χ4v) is 3.84. The van der Waals surface area contributed by atoms with Crippen molar-refractivity contribution in [2.75, 3.05) is 13.1 Å². The van der Waals surface area contributed by atoms with Crippen molar-refractivity contribution >= 4 is 0 Å². The summed E-state index contributed by atoms with van der Waals surface area (Å²) >= 11 is 0. The zero-order valence-electron chi connectivity index (χ0n) is 9.74. The van der Waals surface area contributed by atoms with Gasteiger partial charge in [-0.15, -0.1) is 0 Å². The summed E-state index contributed by atoms with van der Waals surface area (Å²) < 4.78 is 0. The second kappa shape index (κ2) is 3.31. The number of hydrogen-bond donors (Lipinski definition) is 2. The fraction of sp³-hybridized carbons (Fsp3) is 0.571. The number of hydrogen-bond acceptors (Lipinski definition) is 2. The summed E-state index contributed by atoms with van der Waals surface area (Å²) in [6.45, 7) is 4.35. The summed E-state index contributed by atoms with van der Waals surface area (Å²) in [5.74, 6) is 0. The summed E-state index contributed by atoms with van der Waals surface area (Å²) in [5, 5.41) is 13.5. The Labute approximate surface area is 96.7 Å². The molecule has 2 N–H and O–H groups in total. The average Bonchev–Trinajstić information content (AvgIpc) is 2.69. The number of benzene rings is 1. The van der Waals surface area contributed by atoms with Crippen molar-refractivity contribution in [3.8, 4) is 0 Å². The second-order valence-electron chi connectivity index (χ2n) is 5.67. The molecule has 0 radical (unpaired) electrons. The van der Waals surface area contributed by atoms with Crippen LogP contribution in [0.3, 0.4) is 0 Å². The van der Waals surface area contributed by atoms with E-state index in [0.717, 1.165) is 25.9 Å². The Balaban J connectivity index is 2.09. The fourth-order valence-electron chi connectivity index (χ4n) is 3.84. The van der Waals surface area contributed by atoms with Crippen LogP contribution in [0.1, 0.15) is 25.3 Å². The van der Waals surface area contributed by atoms with Crippen LogP contribution in [0.2, 0.25) is 0 Å². The minimum atomic E-state index is -0.132. The molecule has 0 bridgehead atoms. The molecule has 3 atom stereocenters. The van der Waals surface area contributed by atoms with Gasteiger partial charge in [-0.1, -0.05) is 37.3 Å². The SMILES string of the molecule is C[C@@]12CNC[C@]1(c1ccccc1)CC(O)C2. The predicted octanol–water partition coefficient (Wildman–Crippen LogP) is 1.69. The number of rotatable bonds is 1. The molecule has 3 rings (SSSR count). The van der Waals surface area contributed by atoms with Gasteiger partial charge in [-0.25, -0.2) is 0 Å². The molecule has 2 aliphatic rings. The van der Waals surface area contributed by atoms with E-state index in [-0.39, 0.29) is 16.9 Å². The second-order valence-corrected chi connectivity index (χ2v) is 5.67. The first-order valence-corrected chi connectivity index (χ1v) is 6.11. The maximum Gasteiger partial charge on any atom is 0.0555 e. The van der Waals surface area contributed by atoms with Crippen molar-refractivity contribution < 1.29 is 5.11 Å². The van der Waals surface area contributed by atoms with Crippen LogP contribution in [0, 0.1) is 5.41 Å². The van der Waals surface area contributed by atoms with E-state index in [1.54, 1.807) is 0 Å². The summed E-state index contributed by atoms with van der Waals surface area (Å²) in [7, 11) is 0. The highest BCUT2D eigenvalue weighted by molar-refractivity contribution is 5.34. The first-order valence-electron chi connectivity index (χ1n) is 6.11. The van der Waals surface area contributed by atoms with Crippen LogP contribution in [0.4, 0.5) is 0 Å². The highest BCUT2D eigenvalue weighted by Gasteiger charge is 2.58. The summed E-state index contributed by atoms with van der Waals surface area (Å²) in [5.41, 5.74) is 1.75. The van der Waals surface area contributed by atoms with Gasteiger partial charge in [0.15, 0.2) is 0 Å². The van der Waals surface area contributed by atoms with Gasteiger partial charge in [0.05, 0.1) is 6.10 Å². The van der Waals surface area contributed by atoms with E-state index >= 15 is 0 Å². The molecule has 2 nitrogen and oxygen atoms in total. The van der Waals surface area contributed by atoms with Gasteiger partial charge in [0.1, 0.15) is 0 Å². The summed E-state index contributed by atoms with van der Waals surface area (Å²) in [6, 6.07) is 10.7. The highest BCUT2D eigenvalue weighted by atomic mass is 16.3.